The van der Waals surface area contributed by atoms with Crippen LogP contribution < -0.4 is 10.6 Å². The molecule has 1 saturated heterocycles. The Morgan fingerprint density at radius 1 is 1.20 bits per heavy atom. The van der Waals surface area contributed by atoms with E-state index in [4.69, 9.17) is 9.68 Å². The van der Waals surface area contributed by atoms with Gasteiger partial charge in [-0.3, -0.25) is 4.79 Å². The number of likely N-dealkylation sites (tertiary alicyclic amines) is 1. The van der Waals surface area contributed by atoms with Gasteiger partial charge < -0.3 is 20.0 Å². The molecule has 0 aliphatic carbocycles. The van der Waals surface area contributed by atoms with E-state index < -0.39 is 0 Å². The van der Waals surface area contributed by atoms with Crippen molar-refractivity contribution in [3.63, 3.8) is 0 Å². The Labute approximate surface area is 145 Å². The molecule has 25 heavy (non-hydrogen) atoms. The fourth-order valence-corrected chi connectivity index (χ4v) is 2.83. The van der Waals surface area contributed by atoms with Crippen LogP contribution in [0, 0.1) is 11.3 Å². The van der Waals surface area contributed by atoms with Gasteiger partial charge in [-0.25, -0.2) is 4.79 Å². The van der Waals surface area contributed by atoms with Gasteiger partial charge in [0.2, 0.25) is 0 Å². The van der Waals surface area contributed by atoms with Gasteiger partial charge in [-0.15, -0.1) is 0 Å². The summed E-state index contributed by atoms with van der Waals surface area (Å²) in [7, 11) is 0. The molecule has 1 aliphatic heterocycles. The Balaban J connectivity index is 1.50. The van der Waals surface area contributed by atoms with Crippen LogP contribution in [0.3, 0.4) is 0 Å². The van der Waals surface area contributed by atoms with Gasteiger partial charge in [-0.05, 0) is 31.0 Å². The van der Waals surface area contributed by atoms with E-state index in [9.17, 15) is 9.59 Å². The van der Waals surface area contributed by atoms with Gasteiger partial charge in [0.05, 0.1) is 23.1 Å². The Bertz CT molecular complexity index is 787. The third-order valence-electron chi connectivity index (χ3n) is 4.18. The number of rotatable bonds is 3. The van der Waals surface area contributed by atoms with Gasteiger partial charge in [-0.1, -0.05) is 12.1 Å². The zero-order valence-corrected chi connectivity index (χ0v) is 13.6. The van der Waals surface area contributed by atoms with Gasteiger partial charge in [0.15, 0.2) is 0 Å². The lowest BCUT2D eigenvalue weighted by molar-refractivity contribution is 0.0708. The minimum absolute atomic E-state index is 0.0114. The van der Waals surface area contributed by atoms with E-state index in [1.807, 2.05) is 6.07 Å². The number of furan rings is 1. The van der Waals surface area contributed by atoms with Crippen molar-refractivity contribution in [3.05, 3.63) is 54.0 Å². The lowest BCUT2D eigenvalue weighted by Gasteiger charge is -2.32. The summed E-state index contributed by atoms with van der Waals surface area (Å²) in [5.41, 5.74) is 1.44. The first kappa shape index (κ1) is 16.6. The first-order valence-electron chi connectivity index (χ1n) is 8.05. The van der Waals surface area contributed by atoms with Crippen LogP contribution in [0.1, 0.15) is 28.8 Å². The number of anilines is 1. The molecule has 1 aromatic heterocycles. The van der Waals surface area contributed by atoms with Gasteiger partial charge in [0, 0.05) is 19.1 Å². The zero-order chi connectivity index (χ0) is 17.6. The highest BCUT2D eigenvalue weighted by atomic mass is 16.3. The molecule has 3 amide bonds. The fourth-order valence-electron chi connectivity index (χ4n) is 2.83. The summed E-state index contributed by atoms with van der Waals surface area (Å²) >= 11 is 0. The first-order valence-corrected chi connectivity index (χ1v) is 8.05. The molecule has 1 fully saturated rings. The van der Waals surface area contributed by atoms with Crippen LogP contribution in [0.5, 0.6) is 0 Å². The number of amides is 3. The minimum atomic E-state index is -0.345. The van der Waals surface area contributed by atoms with Gasteiger partial charge in [0.25, 0.3) is 5.91 Å². The van der Waals surface area contributed by atoms with E-state index in [0.29, 0.717) is 42.7 Å². The Kier molecular flexibility index (Phi) is 5.00. The Morgan fingerprint density at radius 3 is 2.64 bits per heavy atom. The number of hydrogen-bond acceptors (Lipinski definition) is 4. The SMILES string of the molecule is N#Cc1ccccc1NC(=O)NC1CCN(C(=O)c2ccoc2)CC1. The van der Waals surface area contributed by atoms with Crippen molar-refractivity contribution >= 4 is 17.6 Å². The van der Waals surface area contributed by atoms with Gasteiger partial charge in [-0.2, -0.15) is 5.26 Å². The molecular formula is C18H18N4O3. The Morgan fingerprint density at radius 2 is 1.96 bits per heavy atom. The van der Waals surface area contributed by atoms with Crippen LogP contribution in [0.25, 0.3) is 0 Å². The van der Waals surface area contributed by atoms with Gasteiger partial charge in [0.1, 0.15) is 12.3 Å². The summed E-state index contributed by atoms with van der Waals surface area (Å²) in [6.07, 6.45) is 4.27. The highest BCUT2D eigenvalue weighted by Crippen LogP contribution is 2.16. The highest BCUT2D eigenvalue weighted by Gasteiger charge is 2.25. The average Bonchev–Trinajstić information content (AvgIpc) is 3.17. The number of para-hydroxylation sites is 1. The van der Waals surface area contributed by atoms with E-state index in [1.54, 1.807) is 35.2 Å². The first-order chi connectivity index (χ1) is 12.2. The van der Waals surface area contributed by atoms with Crippen LogP contribution in [0.2, 0.25) is 0 Å². The number of urea groups is 1. The quantitative estimate of drug-likeness (QED) is 0.898. The number of nitrogens with zero attached hydrogens (tertiary/aromatic N) is 2. The highest BCUT2D eigenvalue weighted by molar-refractivity contribution is 5.94. The smallest absolute Gasteiger partial charge is 0.319 e. The molecule has 128 valence electrons. The molecule has 0 bridgehead atoms. The molecule has 1 aromatic carbocycles. The maximum absolute atomic E-state index is 12.2. The number of nitriles is 1. The van der Waals surface area contributed by atoms with Crippen LogP contribution in [0.4, 0.5) is 10.5 Å². The molecule has 0 saturated carbocycles. The van der Waals surface area contributed by atoms with Crippen molar-refractivity contribution in [3.8, 4) is 6.07 Å². The second kappa shape index (κ2) is 7.53. The summed E-state index contributed by atoms with van der Waals surface area (Å²) in [6, 6.07) is 10.2. The number of benzene rings is 1. The topological polar surface area (TPSA) is 98.4 Å². The van der Waals surface area contributed by atoms with Crippen molar-refractivity contribution < 1.29 is 14.0 Å². The average molecular weight is 338 g/mol. The third kappa shape index (κ3) is 3.98. The lowest BCUT2D eigenvalue weighted by atomic mass is 10.0. The molecule has 0 radical (unpaired) electrons. The predicted molar refractivity (Wildman–Crippen MR) is 90.9 cm³/mol. The summed E-state index contributed by atoms with van der Waals surface area (Å²) in [6.45, 7) is 1.15. The third-order valence-corrected chi connectivity index (χ3v) is 4.18. The predicted octanol–water partition coefficient (Wildman–Crippen LogP) is 2.58. The normalized spacial score (nSPS) is 14.6. The number of carbonyl (C=O) groups excluding carboxylic acids is 2. The molecule has 7 nitrogen and oxygen atoms in total. The largest absolute Gasteiger partial charge is 0.472 e. The lowest BCUT2D eigenvalue weighted by Crippen LogP contribution is -2.47. The monoisotopic (exact) mass is 338 g/mol. The summed E-state index contributed by atoms with van der Waals surface area (Å²) in [4.78, 5) is 26.1. The second-order valence-electron chi connectivity index (χ2n) is 5.83. The van der Waals surface area contributed by atoms with Gasteiger partial charge >= 0.3 is 6.03 Å². The summed E-state index contributed by atoms with van der Waals surface area (Å²) in [5.74, 6) is -0.0559. The molecule has 1 aliphatic rings. The molecule has 0 atom stereocenters. The number of piperidine rings is 1. The molecule has 7 heteroatoms. The van der Waals surface area contributed by atoms with E-state index in [-0.39, 0.29) is 18.0 Å². The van der Waals surface area contributed by atoms with Crippen molar-refractivity contribution in [1.29, 1.82) is 5.26 Å². The molecule has 2 N–H and O–H groups in total. The van der Waals surface area contributed by atoms with Crippen LogP contribution >= 0.6 is 0 Å². The molecule has 3 rings (SSSR count). The summed E-state index contributed by atoms with van der Waals surface area (Å²) in [5, 5.41) is 14.6. The summed E-state index contributed by atoms with van der Waals surface area (Å²) < 4.78 is 4.94. The molecular weight excluding hydrogens is 320 g/mol. The minimum Gasteiger partial charge on any atom is -0.472 e. The Hall–Kier alpha value is -3.27. The second-order valence-corrected chi connectivity index (χ2v) is 5.83. The maximum Gasteiger partial charge on any atom is 0.319 e. The van der Waals surface area contributed by atoms with Crippen molar-refractivity contribution in [2.75, 3.05) is 18.4 Å². The fraction of sp³-hybridized carbons (Fsp3) is 0.278. The number of nitrogens with one attached hydrogen (secondary N) is 2. The standard InChI is InChI=1S/C18H18N4O3/c19-11-13-3-1-2-4-16(13)21-18(24)20-15-5-8-22(9-6-15)17(23)14-7-10-25-12-14/h1-4,7,10,12,15H,5-6,8-9H2,(H2,20,21,24). The van der Waals surface area contributed by atoms with Crippen LogP contribution in [-0.4, -0.2) is 36.0 Å². The zero-order valence-electron chi connectivity index (χ0n) is 13.6. The van der Waals surface area contributed by atoms with E-state index in [2.05, 4.69) is 10.6 Å². The maximum atomic E-state index is 12.2. The van der Waals surface area contributed by atoms with E-state index >= 15 is 0 Å². The van der Waals surface area contributed by atoms with Crippen molar-refractivity contribution in [2.24, 2.45) is 0 Å². The van der Waals surface area contributed by atoms with E-state index in [0.717, 1.165) is 0 Å². The molecule has 0 spiro atoms. The number of hydrogen-bond donors (Lipinski definition) is 2. The van der Waals surface area contributed by atoms with Crippen molar-refractivity contribution in [2.45, 2.75) is 18.9 Å². The van der Waals surface area contributed by atoms with Crippen LogP contribution in [-0.2, 0) is 0 Å². The number of carbonyl (C=O) groups is 2. The van der Waals surface area contributed by atoms with Crippen LogP contribution in [0.15, 0.2) is 47.3 Å². The van der Waals surface area contributed by atoms with E-state index in [1.165, 1.54) is 12.5 Å². The molecule has 2 heterocycles. The molecule has 2 aromatic rings. The van der Waals surface area contributed by atoms with Crippen molar-refractivity contribution in [1.82, 2.24) is 10.2 Å². The molecule has 0 unspecified atom stereocenters.